The van der Waals surface area contributed by atoms with E-state index in [1.165, 1.54) is 45.1 Å². The summed E-state index contributed by atoms with van der Waals surface area (Å²) >= 11 is 1.59. The Morgan fingerprint density at radius 1 is 1.18 bits per heavy atom. The van der Waals surface area contributed by atoms with E-state index < -0.39 is 0 Å². The zero-order valence-electron chi connectivity index (χ0n) is 21.9. The predicted octanol–water partition coefficient (Wildman–Crippen LogP) is 7.39. The molecule has 1 aliphatic carbocycles. The summed E-state index contributed by atoms with van der Waals surface area (Å²) in [6.07, 6.45) is 11.5. The van der Waals surface area contributed by atoms with Gasteiger partial charge in [0.15, 0.2) is 6.19 Å². The summed E-state index contributed by atoms with van der Waals surface area (Å²) in [5, 5.41) is 11.9. The van der Waals surface area contributed by atoms with Crippen LogP contribution in [-0.4, -0.2) is 43.5 Å². The molecule has 2 rings (SSSR count). The highest BCUT2D eigenvalue weighted by molar-refractivity contribution is 8.17. The molecule has 0 aromatic heterocycles. The quantitative estimate of drug-likeness (QED) is 0.203. The molecule has 1 aliphatic rings. The average molecular weight is 472 g/mol. The monoisotopic (exact) mass is 471 g/mol. The molecule has 1 aromatic carbocycles. The zero-order chi connectivity index (χ0) is 25.1. The SMILES string of the molecule is C=C(CC)SC(=NC)c1ccc(N=C(C)NC#N)cc1.CC1CCCCC1.CCCN(C)C. The number of hydrogen-bond acceptors (Lipinski definition) is 5. The Hall–Kier alpha value is -2.10. The molecule has 33 heavy (non-hydrogen) atoms. The van der Waals surface area contributed by atoms with Crippen LogP contribution in [0, 0.1) is 17.4 Å². The lowest BCUT2D eigenvalue weighted by molar-refractivity contribution is 0.385. The number of allylic oxidation sites excluding steroid dienone is 1. The van der Waals surface area contributed by atoms with Crippen molar-refractivity contribution in [3.05, 3.63) is 41.3 Å². The fraction of sp³-hybridized carbons (Fsp3) is 0.593. The normalized spacial score (nSPS) is 14.4. The number of nitrogens with one attached hydrogen (secondary N) is 1. The number of aliphatic imine (C=N–C) groups is 2. The van der Waals surface area contributed by atoms with Crippen molar-refractivity contribution in [1.29, 1.82) is 5.26 Å². The van der Waals surface area contributed by atoms with E-state index in [2.05, 4.69) is 61.6 Å². The molecule has 5 nitrogen and oxygen atoms in total. The lowest BCUT2D eigenvalue weighted by atomic mass is 9.91. The minimum Gasteiger partial charge on any atom is -0.309 e. The summed E-state index contributed by atoms with van der Waals surface area (Å²) in [7, 11) is 5.95. The van der Waals surface area contributed by atoms with Gasteiger partial charge in [0, 0.05) is 12.6 Å². The van der Waals surface area contributed by atoms with Gasteiger partial charge in [-0.1, -0.05) is 83.3 Å². The summed E-state index contributed by atoms with van der Waals surface area (Å²) in [4.78, 5) is 11.8. The fourth-order valence-corrected chi connectivity index (χ4v) is 3.94. The Labute approximate surface area is 207 Å². The predicted molar refractivity (Wildman–Crippen MR) is 149 cm³/mol. The van der Waals surface area contributed by atoms with Crippen molar-refractivity contribution in [2.45, 2.75) is 72.6 Å². The van der Waals surface area contributed by atoms with Gasteiger partial charge in [-0.15, -0.1) is 0 Å². The Morgan fingerprint density at radius 2 is 1.79 bits per heavy atom. The lowest BCUT2D eigenvalue weighted by Gasteiger charge is -2.15. The van der Waals surface area contributed by atoms with Crippen LogP contribution in [0.15, 0.2) is 45.7 Å². The molecule has 0 spiro atoms. The average Bonchev–Trinajstić information content (AvgIpc) is 2.79. The molecule has 0 saturated heterocycles. The first-order chi connectivity index (χ1) is 15.8. The number of nitriles is 1. The standard InChI is InChI=1S/C15H18N4S.C7H14.C5H13N/c1-5-11(2)20-15(17-4)13-6-8-14(9-7-13)19-12(3)18-10-16;1-7-5-3-2-4-6-7;1-4-5-6(2)3/h6-9H,2,5H2,1,3-4H3,(H,18,19);7H,2-6H2,1H3;4-5H2,1-3H3. The van der Waals surface area contributed by atoms with Crippen molar-refractivity contribution < 1.29 is 0 Å². The number of thioether (sulfide) groups is 1. The summed E-state index contributed by atoms with van der Waals surface area (Å²) in [6.45, 7) is 13.6. The molecule has 184 valence electrons. The van der Waals surface area contributed by atoms with E-state index in [0.29, 0.717) is 5.84 Å². The van der Waals surface area contributed by atoms with Crippen LogP contribution in [0.4, 0.5) is 5.69 Å². The largest absolute Gasteiger partial charge is 0.309 e. The molecule has 0 radical (unpaired) electrons. The molecule has 0 atom stereocenters. The molecule has 1 aromatic rings. The van der Waals surface area contributed by atoms with Crippen LogP contribution in [0.25, 0.3) is 0 Å². The van der Waals surface area contributed by atoms with Gasteiger partial charge in [0.25, 0.3) is 0 Å². The first kappa shape index (κ1) is 30.9. The van der Waals surface area contributed by atoms with Gasteiger partial charge in [0.1, 0.15) is 10.9 Å². The van der Waals surface area contributed by atoms with E-state index in [9.17, 15) is 0 Å². The first-order valence-corrected chi connectivity index (χ1v) is 12.9. The molecule has 1 N–H and O–H groups in total. The second kappa shape index (κ2) is 19.4. The molecular formula is C27H45N5S. The van der Waals surface area contributed by atoms with Crippen LogP contribution in [0.2, 0.25) is 0 Å². The maximum absolute atomic E-state index is 8.50. The van der Waals surface area contributed by atoms with Crippen LogP contribution in [0.3, 0.4) is 0 Å². The zero-order valence-corrected chi connectivity index (χ0v) is 22.8. The van der Waals surface area contributed by atoms with Crippen LogP contribution < -0.4 is 5.32 Å². The summed E-state index contributed by atoms with van der Waals surface area (Å²) in [6, 6.07) is 7.74. The van der Waals surface area contributed by atoms with Crippen molar-refractivity contribution in [3.8, 4) is 6.19 Å². The molecule has 1 saturated carbocycles. The number of rotatable bonds is 6. The number of nitrogens with zero attached hydrogens (tertiary/aromatic N) is 4. The minimum atomic E-state index is 0.568. The minimum absolute atomic E-state index is 0.568. The van der Waals surface area contributed by atoms with Crippen molar-refractivity contribution in [1.82, 2.24) is 10.2 Å². The number of amidine groups is 1. The fourth-order valence-electron chi connectivity index (χ4n) is 3.18. The van der Waals surface area contributed by atoms with Crippen LogP contribution in [-0.2, 0) is 0 Å². The maximum Gasteiger partial charge on any atom is 0.182 e. The van der Waals surface area contributed by atoms with Gasteiger partial charge in [-0.3, -0.25) is 10.3 Å². The maximum atomic E-state index is 8.50. The van der Waals surface area contributed by atoms with Gasteiger partial charge in [-0.05, 0) is 63.4 Å². The summed E-state index contributed by atoms with van der Waals surface area (Å²) in [5.41, 5.74) is 1.83. The third-order valence-electron chi connectivity index (χ3n) is 5.05. The molecule has 0 amide bonds. The van der Waals surface area contributed by atoms with Gasteiger partial charge in [0.2, 0.25) is 0 Å². The topological polar surface area (TPSA) is 63.8 Å². The van der Waals surface area contributed by atoms with Crippen LogP contribution >= 0.6 is 11.8 Å². The van der Waals surface area contributed by atoms with Crippen molar-refractivity contribution >= 4 is 28.3 Å². The van der Waals surface area contributed by atoms with E-state index in [4.69, 9.17) is 5.26 Å². The summed E-state index contributed by atoms with van der Waals surface area (Å²) in [5.74, 6) is 1.60. The third kappa shape index (κ3) is 16.2. The van der Waals surface area contributed by atoms with Crippen LogP contribution in [0.1, 0.15) is 78.2 Å². The van der Waals surface area contributed by atoms with E-state index in [1.807, 2.05) is 30.5 Å². The molecule has 6 heteroatoms. The highest BCUT2D eigenvalue weighted by atomic mass is 32.2. The second-order valence-corrected chi connectivity index (χ2v) is 9.72. The van der Waals surface area contributed by atoms with Gasteiger partial charge in [-0.25, -0.2) is 4.99 Å². The first-order valence-electron chi connectivity index (χ1n) is 12.0. The van der Waals surface area contributed by atoms with Gasteiger partial charge >= 0.3 is 0 Å². The Balaban J connectivity index is 0.000000638. The number of hydrogen-bond donors (Lipinski definition) is 1. The van der Waals surface area contributed by atoms with E-state index in [0.717, 1.165) is 33.5 Å². The van der Waals surface area contributed by atoms with Crippen molar-refractivity contribution in [3.63, 3.8) is 0 Å². The molecule has 0 unspecified atom stereocenters. The summed E-state index contributed by atoms with van der Waals surface area (Å²) < 4.78 is 0. The van der Waals surface area contributed by atoms with Crippen LogP contribution in [0.5, 0.6) is 0 Å². The van der Waals surface area contributed by atoms with E-state index in [-0.39, 0.29) is 0 Å². The van der Waals surface area contributed by atoms with E-state index >= 15 is 0 Å². The molecule has 0 aliphatic heterocycles. The Morgan fingerprint density at radius 3 is 2.15 bits per heavy atom. The molecule has 0 heterocycles. The highest BCUT2D eigenvalue weighted by Crippen LogP contribution is 2.24. The number of benzene rings is 1. The highest BCUT2D eigenvalue weighted by Gasteiger charge is 2.06. The molecule has 0 bridgehead atoms. The smallest absolute Gasteiger partial charge is 0.182 e. The van der Waals surface area contributed by atoms with Crippen molar-refractivity contribution in [2.24, 2.45) is 15.9 Å². The Bertz CT molecular complexity index is 754. The molecular weight excluding hydrogens is 426 g/mol. The molecule has 1 fully saturated rings. The van der Waals surface area contributed by atoms with Gasteiger partial charge in [0.05, 0.1) is 5.69 Å². The lowest BCUT2D eigenvalue weighted by Crippen LogP contribution is -2.12. The Kier molecular flexibility index (Phi) is 18.1. The van der Waals surface area contributed by atoms with Gasteiger partial charge < -0.3 is 4.90 Å². The second-order valence-electron chi connectivity index (χ2n) is 8.55. The van der Waals surface area contributed by atoms with Gasteiger partial charge in [-0.2, -0.15) is 5.26 Å². The van der Waals surface area contributed by atoms with E-state index in [1.54, 1.807) is 25.7 Å². The van der Waals surface area contributed by atoms with Crippen molar-refractivity contribution in [2.75, 3.05) is 27.7 Å². The third-order valence-corrected chi connectivity index (χ3v) is 6.24.